The zero-order valence-electron chi connectivity index (χ0n) is 43.7. The normalized spacial score (nSPS) is 11.9. The van der Waals surface area contributed by atoms with Gasteiger partial charge in [-0.05, 0) is 116 Å². The molecule has 0 aromatic heterocycles. The molecule has 76 heavy (non-hydrogen) atoms. The molecule has 12 aromatic rings. The van der Waals surface area contributed by atoms with Crippen LogP contribution in [0.2, 0.25) is 39.3 Å². The van der Waals surface area contributed by atoms with Crippen molar-refractivity contribution in [1.29, 1.82) is 0 Å². The van der Waals surface area contributed by atoms with Crippen molar-refractivity contribution in [3.63, 3.8) is 0 Å². The Morgan fingerprint density at radius 3 is 0.947 bits per heavy atom. The lowest BCUT2D eigenvalue weighted by Crippen LogP contribution is -2.37. The van der Waals surface area contributed by atoms with Crippen LogP contribution in [0.5, 0.6) is 0 Å². The van der Waals surface area contributed by atoms with Crippen molar-refractivity contribution in [2.45, 2.75) is 39.3 Å². The van der Waals surface area contributed by atoms with Gasteiger partial charge in [0.05, 0.1) is 38.9 Å². The first kappa shape index (κ1) is 48.5. The second-order valence-corrected chi connectivity index (χ2v) is 32.2. The summed E-state index contributed by atoms with van der Waals surface area (Å²) in [6, 6.07) is 83.1. The lowest BCUT2D eigenvalue weighted by molar-refractivity contribution is 0.629. The predicted octanol–water partition coefficient (Wildman–Crippen LogP) is 19.6. The molecular weight excluding hydrogens is 963 g/mol. The fraction of sp³-hybridized carbons (Fsp3) is 0.0857. The van der Waals surface area contributed by atoms with E-state index in [2.05, 4.69) is 183 Å². The molecule has 370 valence electrons. The van der Waals surface area contributed by atoms with Gasteiger partial charge >= 0.3 is 0 Å². The maximum atomic E-state index is 18.0. The Morgan fingerprint density at radius 1 is 0.303 bits per heavy atom. The van der Waals surface area contributed by atoms with Gasteiger partial charge in [-0.15, -0.1) is 0 Å². The van der Waals surface area contributed by atoms with Gasteiger partial charge in [0.15, 0.2) is 0 Å². The van der Waals surface area contributed by atoms with E-state index in [1.807, 2.05) is 97.1 Å². The number of anilines is 6. The Balaban J connectivity index is 1.13. The fourth-order valence-corrected chi connectivity index (χ4v) is 13.4. The third-order valence-corrected chi connectivity index (χ3v) is 19.2. The second kappa shape index (κ2) is 19.4. The summed E-state index contributed by atoms with van der Waals surface area (Å²) in [6.07, 6.45) is 0. The Hall–Kier alpha value is -8.43. The van der Waals surface area contributed by atoms with E-state index >= 15 is 8.78 Å². The first-order chi connectivity index (χ1) is 36.8. The second-order valence-electron chi connectivity index (χ2n) is 22.0. The molecule has 0 N–H and O–H groups in total. The van der Waals surface area contributed by atoms with Crippen LogP contribution in [-0.2, 0) is 0 Å². The Kier molecular flexibility index (Phi) is 12.4. The first-order valence-electron chi connectivity index (χ1n) is 26.2. The summed E-state index contributed by atoms with van der Waals surface area (Å²) in [5.41, 5.74) is 11.3. The van der Waals surface area contributed by atoms with Gasteiger partial charge in [0.2, 0.25) is 0 Å². The van der Waals surface area contributed by atoms with Crippen LogP contribution in [0, 0.1) is 11.6 Å². The average molecular weight is 1020 g/mol. The SMILES string of the molecule is C[Si](C)(C)c1ccc(N(c2c(F)cc(-c3ccccc3)cc2-c2ccccc2)c2ccc3ccc4c(N(c5ccc([Si](C)(C)C)cc5)c5c(F)cc(-c6ccccc6)cc5-c5ccccc5)ccc5ccc2c3c54)cc1. The molecular formula is C70H58F2N2Si2. The van der Waals surface area contributed by atoms with Gasteiger partial charge in [-0.2, -0.15) is 0 Å². The number of hydrogen-bond donors (Lipinski definition) is 0. The lowest BCUT2D eigenvalue weighted by Gasteiger charge is -2.32. The van der Waals surface area contributed by atoms with Gasteiger partial charge in [0.1, 0.15) is 11.6 Å². The number of benzene rings is 12. The summed E-state index contributed by atoms with van der Waals surface area (Å²) < 4.78 is 35.9. The van der Waals surface area contributed by atoms with Gasteiger partial charge < -0.3 is 9.80 Å². The largest absolute Gasteiger partial charge is 0.307 e. The Labute approximate surface area is 447 Å². The highest BCUT2D eigenvalue weighted by Gasteiger charge is 2.29. The summed E-state index contributed by atoms with van der Waals surface area (Å²) in [5.74, 6) is -0.652. The molecule has 0 aliphatic carbocycles. The quantitative estimate of drug-likeness (QED) is 0.0889. The maximum Gasteiger partial charge on any atom is 0.148 e. The monoisotopic (exact) mass is 1020 g/mol. The Morgan fingerprint density at radius 2 is 0.618 bits per heavy atom. The van der Waals surface area contributed by atoms with Crippen LogP contribution in [0.1, 0.15) is 0 Å². The molecule has 0 unspecified atom stereocenters. The average Bonchev–Trinajstić information content (AvgIpc) is 3.49. The zero-order valence-corrected chi connectivity index (χ0v) is 45.7. The van der Waals surface area contributed by atoms with E-state index in [1.165, 1.54) is 10.4 Å². The van der Waals surface area contributed by atoms with Crippen molar-refractivity contribution >= 4 is 93.0 Å². The summed E-state index contributed by atoms with van der Waals surface area (Å²) in [6.45, 7) is 14.1. The third-order valence-electron chi connectivity index (χ3n) is 15.0. The minimum Gasteiger partial charge on any atom is -0.307 e. The number of halogens is 2. The molecule has 0 amide bonds. The van der Waals surface area contributed by atoms with E-state index < -0.39 is 16.1 Å². The maximum absolute atomic E-state index is 18.0. The fourth-order valence-electron chi connectivity index (χ4n) is 11.1. The number of hydrogen-bond acceptors (Lipinski definition) is 2. The highest BCUT2D eigenvalue weighted by Crippen LogP contribution is 2.52. The van der Waals surface area contributed by atoms with Crippen molar-refractivity contribution < 1.29 is 8.78 Å². The molecule has 12 aromatic carbocycles. The molecule has 12 rings (SSSR count). The van der Waals surface area contributed by atoms with Gasteiger partial charge in [-0.1, -0.05) is 232 Å². The molecule has 2 nitrogen and oxygen atoms in total. The molecule has 0 aliphatic rings. The summed E-state index contributed by atoms with van der Waals surface area (Å²) in [4.78, 5) is 4.27. The van der Waals surface area contributed by atoms with Crippen molar-refractivity contribution in [2.75, 3.05) is 9.80 Å². The van der Waals surface area contributed by atoms with Crippen LogP contribution in [0.25, 0.3) is 76.8 Å². The summed E-state index contributed by atoms with van der Waals surface area (Å²) >= 11 is 0. The van der Waals surface area contributed by atoms with Crippen molar-refractivity contribution in [2.24, 2.45) is 0 Å². The lowest BCUT2D eigenvalue weighted by atomic mass is 9.90. The highest BCUT2D eigenvalue weighted by atomic mass is 28.3. The number of nitrogens with zero attached hydrogens (tertiary/aromatic N) is 2. The topological polar surface area (TPSA) is 6.48 Å². The van der Waals surface area contributed by atoms with Crippen molar-refractivity contribution in [1.82, 2.24) is 0 Å². The molecule has 0 atom stereocenters. The molecule has 6 heteroatoms. The van der Waals surface area contributed by atoms with E-state index in [4.69, 9.17) is 0 Å². The molecule has 0 saturated carbocycles. The molecule has 0 heterocycles. The van der Waals surface area contributed by atoms with Crippen molar-refractivity contribution in [3.8, 4) is 44.5 Å². The van der Waals surface area contributed by atoms with E-state index in [1.54, 1.807) is 12.1 Å². The summed E-state index contributed by atoms with van der Waals surface area (Å²) in [5, 5.41) is 8.81. The van der Waals surface area contributed by atoms with Gasteiger partial charge in [0, 0.05) is 33.3 Å². The van der Waals surface area contributed by atoms with Crippen LogP contribution in [0.3, 0.4) is 0 Å². The predicted molar refractivity (Wildman–Crippen MR) is 327 cm³/mol. The summed E-state index contributed by atoms with van der Waals surface area (Å²) in [7, 11) is -3.39. The van der Waals surface area contributed by atoms with E-state index in [-0.39, 0.29) is 11.6 Å². The minimum absolute atomic E-state index is 0.326. The molecule has 0 fully saturated rings. The van der Waals surface area contributed by atoms with Crippen LogP contribution >= 0.6 is 0 Å². The van der Waals surface area contributed by atoms with Gasteiger partial charge in [-0.25, -0.2) is 8.78 Å². The van der Waals surface area contributed by atoms with Gasteiger partial charge in [-0.3, -0.25) is 0 Å². The Bertz CT molecular complexity index is 3790. The molecule has 0 bridgehead atoms. The third kappa shape index (κ3) is 8.87. The molecule has 0 radical (unpaired) electrons. The minimum atomic E-state index is -1.70. The first-order valence-corrected chi connectivity index (χ1v) is 33.2. The standard InChI is InChI=1S/C70H58F2N2Si2/c1-75(2,3)57-35-31-55(32-36-57)73(69-61(49-23-15-9-16-24-49)43-53(45-63(69)71)47-19-11-7-12-20-47)65-41-29-51-28-40-60-66(42-30-52-27-39-59(65)67(51)68(52)60)74(56-33-37-58(38-34-56)76(4,5)6)70-62(50-25-17-10-18-26-50)44-54(46-64(70)72)48-21-13-8-14-22-48/h7-46H,1-6H3. The van der Waals surface area contributed by atoms with Crippen LogP contribution in [-0.4, -0.2) is 16.1 Å². The zero-order chi connectivity index (χ0) is 52.3. The van der Waals surface area contributed by atoms with E-state index in [0.717, 1.165) is 99.6 Å². The molecule has 0 aliphatic heterocycles. The van der Waals surface area contributed by atoms with E-state index in [9.17, 15) is 0 Å². The van der Waals surface area contributed by atoms with Crippen LogP contribution in [0.15, 0.2) is 243 Å². The van der Waals surface area contributed by atoms with Crippen LogP contribution in [0.4, 0.5) is 42.9 Å². The number of rotatable bonds is 12. The molecule has 0 spiro atoms. The van der Waals surface area contributed by atoms with Crippen LogP contribution < -0.4 is 20.2 Å². The van der Waals surface area contributed by atoms with Gasteiger partial charge in [0.25, 0.3) is 0 Å². The highest BCUT2D eigenvalue weighted by molar-refractivity contribution is 6.89. The van der Waals surface area contributed by atoms with E-state index in [0.29, 0.717) is 11.4 Å². The van der Waals surface area contributed by atoms with Crippen molar-refractivity contribution in [3.05, 3.63) is 254 Å². The smallest absolute Gasteiger partial charge is 0.148 e. The molecule has 0 saturated heterocycles.